The summed E-state index contributed by atoms with van der Waals surface area (Å²) in [6, 6.07) is 8.60. The molecule has 1 fully saturated rings. The van der Waals surface area contributed by atoms with Gasteiger partial charge in [-0.15, -0.1) is 0 Å². The highest BCUT2D eigenvalue weighted by Crippen LogP contribution is 2.31. The van der Waals surface area contributed by atoms with Crippen LogP contribution in [-0.2, 0) is 6.42 Å². The molecule has 1 nitrogen and oxygen atoms in total. The molecule has 1 aliphatic rings. The maximum absolute atomic E-state index is 5.55. The van der Waals surface area contributed by atoms with E-state index in [0.717, 1.165) is 24.2 Å². The lowest BCUT2D eigenvalue weighted by molar-refractivity contribution is 0.277. The zero-order chi connectivity index (χ0) is 12.8. The number of benzene rings is 1. The number of aryl methyl sites for hydroxylation is 1. The second kappa shape index (κ2) is 6.82. The standard InChI is InChI=1S/C17H26O/c1-3-18-17-6-4-5-16(13-17)12-11-15-9-7-14(2)8-10-15/h4-6,13-15H,3,7-12H2,1-2H3. The van der Waals surface area contributed by atoms with Crippen molar-refractivity contribution in [3.8, 4) is 5.75 Å². The van der Waals surface area contributed by atoms with Crippen LogP contribution in [0.15, 0.2) is 24.3 Å². The van der Waals surface area contributed by atoms with Crippen LogP contribution < -0.4 is 4.74 Å². The highest BCUT2D eigenvalue weighted by atomic mass is 16.5. The van der Waals surface area contributed by atoms with Crippen LogP contribution in [-0.4, -0.2) is 6.61 Å². The van der Waals surface area contributed by atoms with Crippen molar-refractivity contribution in [1.29, 1.82) is 0 Å². The fourth-order valence-corrected chi connectivity index (χ4v) is 2.95. The van der Waals surface area contributed by atoms with Gasteiger partial charge in [0, 0.05) is 0 Å². The van der Waals surface area contributed by atoms with Crippen molar-refractivity contribution in [1.82, 2.24) is 0 Å². The summed E-state index contributed by atoms with van der Waals surface area (Å²) in [5, 5.41) is 0. The Hall–Kier alpha value is -0.980. The van der Waals surface area contributed by atoms with Gasteiger partial charge in [-0.3, -0.25) is 0 Å². The fourth-order valence-electron chi connectivity index (χ4n) is 2.95. The van der Waals surface area contributed by atoms with Gasteiger partial charge in [-0.05, 0) is 49.3 Å². The lowest BCUT2D eigenvalue weighted by Gasteiger charge is -2.26. The molecule has 18 heavy (non-hydrogen) atoms. The van der Waals surface area contributed by atoms with Gasteiger partial charge in [-0.1, -0.05) is 44.7 Å². The first-order valence-electron chi connectivity index (χ1n) is 7.49. The summed E-state index contributed by atoms with van der Waals surface area (Å²) in [7, 11) is 0. The highest BCUT2D eigenvalue weighted by Gasteiger charge is 2.17. The van der Waals surface area contributed by atoms with Crippen molar-refractivity contribution in [2.75, 3.05) is 6.61 Å². The van der Waals surface area contributed by atoms with Gasteiger partial charge in [0.05, 0.1) is 6.61 Å². The van der Waals surface area contributed by atoms with Crippen LogP contribution in [0.25, 0.3) is 0 Å². The van der Waals surface area contributed by atoms with Crippen molar-refractivity contribution in [2.45, 2.75) is 52.4 Å². The molecular formula is C17H26O. The van der Waals surface area contributed by atoms with Gasteiger partial charge < -0.3 is 4.74 Å². The predicted molar refractivity (Wildman–Crippen MR) is 77.1 cm³/mol. The van der Waals surface area contributed by atoms with Crippen LogP contribution in [0.3, 0.4) is 0 Å². The molecule has 0 heterocycles. The maximum atomic E-state index is 5.55. The Morgan fingerprint density at radius 1 is 1.17 bits per heavy atom. The maximum Gasteiger partial charge on any atom is 0.119 e. The molecule has 0 spiro atoms. The molecule has 1 heteroatoms. The first-order chi connectivity index (χ1) is 8.78. The topological polar surface area (TPSA) is 9.23 Å². The first kappa shape index (κ1) is 13.5. The molecule has 0 amide bonds. The van der Waals surface area contributed by atoms with Crippen molar-refractivity contribution in [3.05, 3.63) is 29.8 Å². The minimum absolute atomic E-state index is 0.754. The van der Waals surface area contributed by atoms with E-state index in [1.54, 1.807) is 0 Å². The third-order valence-corrected chi connectivity index (χ3v) is 4.19. The number of hydrogen-bond donors (Lipinski definition) is 0. The molecular weight excluding hydrogens is 220 g/mol. The quantitative estimate of drug-likeness (QED) is 0.722. The van der Waals surface area contributed by atoms with Crippen LogP contribution in [0.2, 0.25) is 0 Å². The zero-order valence-electron chi connectivity index (χ0n) is 11.8. The summed E-state index contributed by atoms with van der Waals surface area (Å²) in [5.74, 6) is 2.94. The lowest BCUT2D eigenvalue weighted by atomic mass is 9.80. The van der Waals surface area contributed by atoms with Gasteiger partial charge in [-0.25, -0.2) is 0 Å². The summed E-state index contributed by atoms with van der Waals surface area (Å²) in [6.07, 6.45) is 8.30. The number of rotatable bonds is 5. The van der Waals surface area contributed by atoms with Crippen molar-refractivity contribution in [3.63, 3.8) is 0 Å². The highest BCUT2D eigenvalue weighted by molar-refractivity contribution is 5.28. The summed E-state index contributed by atoms with van der Waals surface area (Å²) in [5.41, 5.74) is 1.43. The fraction of sp³-hybridized carbons (Fsp3) is 0.647. The molecule has 0 N–H and O–H groups in total. The molecule has 0 bridgehead atoms. The minimum Gasteiger partial charge on any atom is -0.494 e. The largest absolute Gasteiger partial charge is 0.494 e. The average Bonchev–Trinajstić information content (AvgIpc) is 2.39. The third kappa shape index (κ3) is 4.04. The monoisotopic (exact) mass is 246 g/mol. The summed E-state index contributed by atoms with van der Waals surface area (Å²) < 4.78 is 5.55. The SMILES string of the molecule is CCOc1cccc(CCC2CCC(C)CC2)c1. The smallest absolute Gasteiger partial charge is 0.119 e. The van der Waals surface area contributed by atoms with Crippen molar-refractivity contribution < 1.29 is 4.74 Å². The Morgan fingerprint density at radius 2 is 1.94 bits per heavy atom. The van der Waals surface area contributed by atoms with E-state index in [0.29, 0.717) is 0 Å². The molecule has 1 aromatic rings. The van der Waals surface area contributed by atoms with Gasteiger partial charge in [0.1, 0.15) is 5.75 Å². The van der Waals surface area contributed by atoms with Crippen LogP contribution in [0.5, 0.6) is 5.75 Å². The minimum atomic E-state index is 0.754. The summed E-state index contributed by atoms with van der Waals surface area (Å²) >= 11 is 0. The molecule has 0 unspecified atom stereocenters. The third-order valence-electron chi connectivity index (χ3n) is 4.19. The van der Waals surface area contributed by atoms with Crippen LogP contribution in [0, 0.1) is 11.8 Å². The van der Waals surface area contributed by atoms with Crippen LogP contribution in [0.1, 0.15) is 51.5 Å². The molecule has 1 aromatic carbocycles. The van der Waals surface area contributed by atoms with Gasteiger partial charge in [-0.2, -0.15) is 0 Å². The molecule has 1 saturated carbocycles. The summed E-state index contributed by atoms with van der Waals surface area (Å²) in [4.78, 5) is 0. The summed E-state index contributed by atoms with van der Waals surface area (Å²) in [6.45, 7) is 5.18. The van der Waals surface area contributed by atoms with Gasteiger partial charge in [0.2, 0.25) is 0 Å². The van der Waals surface area contributed by atoms with E-state index in [4.69, 9.17) is 4.74 Å². The Balaban J connectivity index is 1.80. The van der Waals surface area contributed by atoms with Gasteiger partial charge >= 0.3 is 0 Å². The van der Waals surface area contributed by atoms with E-state index in [-0.39, 0.29) is 0 Å². The Labute approximate surface area is 112 Å². The van der Waals surface area contributed by atoms with Crippen LogP contribution >= 0.6 is 0 Å². The molecule has 0 aliphatic heterocycles. The Bertz CT molecular complexity index is 350. The van der Waals surface area contributed by atoms with E-state index in [1.165, 1.54) is 44.1 Å². The Kier molecular flexibility index (Phi) is 5.10. The molecule has 1 aliphatic carbocycles. The lowest BCUT2D eigenvalue weighted by Crippen LogP contribution is -2.12. The van der Waals surface area contributed by atoms with E-state index < -0.39 is 0 Å². The molecule has 0 aromatic heterocycles. The zero-order valence-corrected chi connectivity index (χ0v) is 11.8. The molecule has 2 rings (SSSR count). The van der Waals surface area contributed by atoms with Crippen molar-refractivity contribution >= 4 is 0 Å². The average molecular weight is 246 g/mol. The normalized spacial score (nSPS) is 23.9. The molecule has 0 radical (unpaired) electrons. The van der Waals surface area contributed by atoms with Crippen LogP contribution in [0.4, 0.5) is 0 Å². The Morgan fingerprint density at radius 3 is 2.67 bits per heavy atom. The second-order valence-electron chi connectivity index (χ2n) is 5.74. The molecule has 0 atom stereocenters. The first-order valence-corrected chi connectivity index (χ1v) is 7.49. The van der Waals surface area contributed by atoms with E-state index in [2.05, 4.69) is 31.2 Å². The number of hydrogen-bond acceptors (Lipinski definition) is 1. The van der Waals surface area contributed by atoms with Crippen molar-refractivity contribution in [2.24, 2.45) is 11.8 Å². The van der Waals surface area contributed by atoms with E-state index in [9.17, 15) is 0 Å². The molecule has 100 valence electrons. The van der Waals surface area contributed by atoms with E-state index in [1.807, 2.05) is 6.92 Å². The van der Waals surface area contributed by atoms with Gasteiger partial charge in [0.25, 0.3) is 0 Å². The van der Waals surface area contributed by atoms with E-state index >= 15 is 0 Å². The number of ether oxygens (including phenoxy) is 1. The predicted octanol–water partition coefficient (Wildman–Crippen LogP) is 4.84. The molecule has 0 saturated heterocycles. The van der Waals surface area contributed by atoms with Gasteiger partial charge in [0.15, 0.2) is 0 Å². The second-order valence-corrected chi connectivity index (χ2v) is 5.74.